The van der Waals surface area contributed by atoms with Crippen molar-refractivity contribution in [2.75, 3.05) is 6.61 Å². The fourth-order valence-corrected chi connectivity index (χ4v) is 0.279. The lowest BCUT2D eigenvalue weighted by atomic mass is 10.5. The molecule has 0 radical (unpaired) electrons. The summed E-state index contributed by atoms with van der Waals surface area (Å²) in [6.45, 7) is 7.31. The lowest BCUT2D eigenvalue weighted by molar-refractivity contribution is -0.134. The summed E-state index contributed by atoms with van der Waals surface area (Å²) in [5, 5.41) is 15.6. The molecule has 5 heteroatoms. The molecule has 5 nitrogen and oxygen atoms in total. The fourth-order valence-electron chi connectivity index (χ4n) is 0.279. The van der Waals surface area contributed by atoms with E-state index in [2.05, 4.69) is 17.9 Å². The first-order valence-corrected chi connectivity index (χ1v) is 3.52. The van der Waals surface area contributed by atoms with Crippen LogP contribution in [0.25, 0.3) is 0 Å². The third-order valence-corrected chi connectivity index (χ3v) is 0.700. The van der Waals surface area contributed by atoms with Crippen LogP contribution in [0.1, 0.15) is 0 Å². The van der Waals surface area contributed by atoms with E-state index >= 15 is 0 Å². The number of carbonyl (C=O) groups is 2. The number of ether oxygens (including phenoxy) is 1. The molecular formula is C9H12O5. The van der Waals surface area contributed by atoms with Gasteiger partial charge in [0.1, 0.15) is 6.61 Å². The van der Waals surface area contributed by atoms with E-state index in [-0.39, 0.29) is 0 Å². The lowest BCUT2D eigenvalue weighted by Gasteiger charge is -1.86. The lowest BCUT2D eigenvalue weighted by Crippen LogP contribution is -1.91. The van der Waals surface area contributed by atoms with Crippen molar-refractivity contribution in [1.82, 2.24) is 0 Å². The molecule has 0 saturated heterocycles. The smallest absolute Gasteiger partial charge is 0.328 e. The Hall–Kier alpha value is -2.04. The maximum Gasteiger partial charge on any atom is 0.328 e. The Morgan fingerprint density at radius 3 is 1.71 bits per heavy atom. The summed E-state index contributed by atoms with van der Waals surface area (Å²) in [5.41, 5.74) is 0. The van der Waals surface area contributed by atoms with Gasteiger partial charge in [-0.25, -0.2) is 9.59 Å². The standard InChI is InChI=1S/C5H8O.C4H4O4/c1-3-5-6-4-2;5-3(6)1-2-4(7)8/h3-4H,1-2,5H2;1-2H,(H,5,6)(H,7,8)/b;2-1-. The number of hydrogen-bond donors (Lipinski definition) is 2. The van der Waals surface area contributed by atoms with E-state index in [0.717, 1.165) is 0 Å². The molecule has 78 valence electrons. The molecule has 0 fully saturated rings. The van der Waals surface area contributed by atoms with Crippen molar-refractivity contribution < 1.29 is 24.5 Å². The van der Waals surface area contributed by atoms with E-state index in [4.69, 9.17) is 10.2 Å². The number of carboxylic acids is 2. The van der Waals surface area contributed by atoms with Crippen LogP contribution in [-0.4, -0.2) is 28.8 Å². The zero-order chi connectivity index (χ0) is 11.4. The molecule has 0 spiro atoms. The second-order valence-corrected chi connectivity index (χ2v) is 1.80. The van der Waals surface area contributed by atoms with Gasteiger partial charge >= 0.3 is 11.9 Å². The van der Waals surface area contributed by atoms with Gasteiger partial charge in [0.05, 0.1) is 6.26 Å². The number of aliphatic carboxylic acids is 2. The predicted molar refractivity (Wildman–Crippen MR) is 50.8 cm³/mol. The molecule has 0 aliphatic rings. The minimum absolute atomic E-state index is 0.558. The van der Waals surface area contributed by atoms with Crippen molar-refractivity contribution in [1.29, 1.82) is 0 Å². The third kappa shape index (κ3) is 22.5. The van der Waals surface area contributed by atoms with Gasteiger partial charge in [0, 0.05) is 12.2 Å². The monoisotopic (exact) mass is 200 g/mol. The Labute approximate surface area is 81.6 Å². The summed E-state index contributed by atoms with van der Waals surface area (Å²) in [6, 6.07) is 0. The topological polar surface area (TPSA) is 83.8 Å². The van der Waals surface area contributed by atoms with E-state index in [0.29, 0.717) is 18.8 Å². The summed E-state index contributed by atoms with van der Waals surface area (Å²) >= 11 is 0. The summed E-state index contributed by atoms with van der Waals surface area (Å²) in [4.78, 5) is 19.1. The Morgan fingerprint density at radius 1 is 1.14 bits per heavy atom. The minimum Gasteiger partial charge on any atom is -0.498 e. The van der Waals surface area contributed by atoms with Crippen LogP contribution in [0.2, 0.25) is 0 Å². The van der Waals surface area contributed by atoms with Crippen LogP contribution in [0.4, 0.5) is 0 Å². The molecule has 0 rings (SSSR count). The molecule has 14 heavy (non-hydrogen) atoms. The highest BCUT2D eigenvalue weighted by atomic mass is 16.5. The van der Waals surface area contributed by atoms with E-state index < -0.39 is 11.9 Å². The van der Waals surface area contributed by atoms with Crippen molar-refractivity contribution in [3.63, 3.8) is 0 Å². The average molecular weight is 200 g/mol. The summed E-state index contributed by atoms with van der Waals surface area (Å²) in [5.74, 6) is -2.51. The number of rotatable bonds is 5. The van der Waals surface area contributed by atoms with Crippen molar-refractivity contribution in [3.8, 4) is 0 Å². The Bertz CT molecular complexity index is 205. The van der Waals surface area contributed by atoms with Crippen molar-refractivity contribution in [3.05, 3.63) is 37.6 Å². The second-order valence-electron chi connectivity index (χ2n) is 1.80. The van der Waals surface area contributed by atoms with Gasteiger partial charge in [-0.1, -0.05) is 19.2 Å². The van der Waals surface area contributed by atoms with Crippen molar-refractivity contribution in [2.24, 2.45) is 0 Å². The van der Waals surface area contributed by atoms with Gasteiger partial charge in [0.15, 0.2) is 0 Å². The Morgan fingerprint density at radius 2 is 1.57 bits per heavy atom. The molecule has 0 aromatic rings. The zero-order valence-corrected chi connectivity index (χ0v) is 7.55. The van der Waals surface area contributed by atoms with Gasteiger partial charge in [-0.2, -0.15) is 0 Å². The van der Waals surface area contributed by atoms with Crippen LogP contribution in [0, 0.1) is 0 Å². The molecular weight excluding hydrogens is 188 g/mol. The normalized spacial score (nSPS) is 8.29. The van der Waals surface area contributed by atoms with Crippen LogP contribution in [0.5, 0.6) is 0 Å². The molecule has 0 amide bonds. The average Bonchev–Trinajstić information content (AvgIpc) is 2.12. The quantitative estimate of drug-likeness (QED) is 0.300. The SMILES string of the molecule is C=CCOC=C.O=C(O)/C=C\C(=O)O. The van der Waals surface area contributed by atoms with Gasteiger partial charge in [-0.15, -0.1) is 0 Å². The maximum atomic E-state index is 9.55. The molecule has 0 saturated carbocycles. The second kappa shape index (κ2) is 11.0. The molecule has 0 bridgehead atoms. The van der Waals surface area contributed by atoms with E-state index in [1.54, 1.807) is 6.08 Å². The largest absolute Gasteiger partial charge is 0.498 e. The summed E-state index contributed by atoms with van der Waals surface area (Å²) in [6.07, 6.45) is 4.17. The van der Waals surface area contributed by atoms with Gasteiger partial charge in [-0.05, 0) is 0 Å². The van der Waals surface area contributed by atoms with Crippen LogP contribution < -0.4 is 0 Å². The molecule has 0 aromatic carbocycles. The highest BCUT2D eigenvalue weighted by molar-refractivity contribution is 5.89. The molecule has 0 unspecified atom stereocenters. The number of hydrogen-bond acceptors (Lipinski definition) is 3. The zero-order valence-electron chi connectivity index (χ0n) is 7.55. The van der Waals surface area contributed by atoms with Crippen molar-refractivity contribution in [2.45, 2.75) is 0 Å². The van der Waals surface area contributed by atoms with E-state index in [1.807, 2.05) is 0 Å². The van der Waals surface area contributed by atoms with Crippen LogP contribution in [-0.2, 0) is 14.3 Å². The van der Waals surface area contributed by atoms with Gasteiger partial charge in [-0.3, -0.25) is 0 Å². The fraction of sp³-hybridized carbons (Fsp3) is 0.111. The predicted octanol–water partition coefficient (Wildman–Crippen LogP) is 1.04. The van der Waals surface area contributed by atoms with E-state index in [9.17, 15) is 9.59 Å². The van der Waals surface area contributed by atoms with Gasteiger partial charge < -0.3 is 14.9 Å². The summed E-state index contributed by atoms with van der Waals surface area (Å²) < 4.78 is 4.63. The van der Waals surface area contributed by atoms with E-state index in [1.165, 1.54) is 6.26 Å². The minimum atomic E-state index is -1.26. The first kappa shape index (κ1) is 14.5. The van der Waals surface area contributed by atoms with Crippen LogP contribution >= 0.6 is 0 Å². The highest BCUT2D eigenvalue weighted by Crippen LogP contribution is 1.70. The molecule has 0 atom stereocenters. The summed E-state index contributed by atoms with van der Waals surface area (Å²) in [7, 11) is 0. The van der Waals surface area contributed by atoms with Crippen LogP contribution in [0.15, 0.2) is 37.6 Å². The van der Waals surface area contributed by atoms with Crippen LogP contribution in [0.3, 0.4) is 0 Å². The molecule has 0 aliphatic heterocycles. The molecule has 0 heterocycles. The van der Waals surface area contributed by atoms with Gasteiger partial charge in [0.2, 0.25) is 0 Å². The molecule has 2 N–H and O–H groups in total. The Kier molecular flexibility index (Phi) is 11.3. The first-order chi connectivity index (χ1) is 6.54. The number of carboxylic acid groups (broad SMARTS) is 2. The molecule has 0 aromatic heterocycles. The highest BCUT2D eigenvalue weighted by Gasteiger charge is 1.88. The maximum absolute atomic E-state index is 9.55. The van der Waals surface area contributed by atoms with Gasteiger partial charge in [0.25, 0.3) is 0 Å². The third-order valence-electron chi connectivity index (χ3n) is 0.700. The first-order valence-electron chi connectivity index (χ1n) is 3.52. The molecule has 0 aliphatic carbocycles. The van der Waals surface area contributed by atoms with Crippen molar-refractivity contribution >= 4 is 11.9 Å². The Balaban J connectivity index is 0.